The molecule has 4 rings (SSSR count). The number of ether oxygens (including phenoxy) is 2. The van der Waals surface area contributed by atoms with Gasteiger partial charge in [-0.15, -0.1) is 0 Å². The van der Waals surface area contributed by atoms with Gasteiger partial charge in [-0.1, -0.05) is 62.2 Å². The summed E-state index contributed by atoms with van der Waals surface area (Å²) in [6, 6.07) is 19.4. The molecule has 0 aliphatic carbocycles. The van der Waals surface area contributed by atoms with Gasteiger partial charge in [0.25, 0.3) is 0 Å². The minimum atomic E-state index is -0.571. The normalized spacial score (nSPS) is 11.7. The van der Waals surface area contributed by atoms with E-state index in [0.29, 0.717) is 16.9 Å². The monoisotopic (exact) mass is 471 g/mol. The average Bonchev–Trinajstić information content (AvgIpc) is 3.19. The molecular formula is C30H33NO4. The SMILES string of the molecule is CCCCCn1cc(C(=O)c2cccc3ccccc23)c2cc(OCC(=O)OC(C)(C)C)ccc21. The van der Waals surface area contributed by atoms with E-state index in [9.17, 15) is 9.59 Å². The van der Waals surface area contributed by atoms with Crippen LogP contribution in [-0.2, 0) is 16.1 Å². The van der Waals surface area contributed by atoms with Crippen LogP contribution in [0.2, 0.25) is 0 Å². The molecule has 0 unspecified atom stereocenters. The zero-order chi connectivity index (χ0) is 25.0. The number of nitrogens with zero attached hydrogens (tertiary/aromatic N) is 1. The summed E-state index contributed by atoms with van der Waals surface area (Å²) in [6.45, 7) is 8.30. The molecule has 0 atom stereocenters. The summed E-state index contributed by atoms with van der Waals surface area (Å²) >= 11 is 0. The van der Waals surface area contributed by atoms with Crippen LogP contribution in [0, 0.1) is 0 Å². The molecule has 3 aromatic carbocycles. The Morgan fingerprint density at radius 2 is 1.66 bits per heavy atom. The second-order valence-corrected chi connectivity index (χ2v) is 9.85. The highest BCUT2D eigenvalue weighted by molar-refractivity contribution is 6.21. The van der Waals surface area contributed by atoms with Crippen molar-refractivity contribution in [3.05, 3.63) is 78.0 Å². The smallest absolute Gasteiger partial charge is 0.344 e. The number of carbonyl (C=O) groups is 2. The van der Waals surface area contributed by atoms with E-state index in [2.05, 4.69) is 11.5 Å². The van der Waals surface area contributed by atoms with Gasteiger partial charge in [0.15, 0.2) is 12.4 Å². The first-order valence-electron chi connectivity index (χ1n) is 12.3. The Bertz CT molecular complexity index is 1350. The first-order chi connectivity index (χ1) is 16.8. The molecule has 0 amide bonds. The molecule has 0 bridgehead atoms. The van der Waals surface area contributed by atoms with Gasteiger partial charge in [0, 0.05) is 34.8 Å². The Labute approximate surface area is 206 Å². The Balaban J connectivity index is 1.71. The molecule has 182 valence electrons. The third-order valence-corrected chi connectivity index (χ3v) is 5.91. The van der Waals surface area contributed by atoms with Gasteiger partial charge in [-0.3, -0.25) is 4.79 Å². The second kappa shape index (κ2) is 10.3. The molecule has 0 saturated carbocycles. The number of rotatable bonds is 9. The Kier molecular flexibility index (Phi) is 7.25. The molecule has 4 aromatic rings. The zero-order valence-corrected chi connectivity index (χ0v) is 21.0. The summed E-state index contributed by atoms with van der Waals surface area (Å²) in [5, 5.41) is 2.79. The van der Waals surface area contributed by atoms with Crippen molar-refractivity contribution in [2.45, 2.75) is 59.1 Å². The third-order valence-electron chi connectivity index (χ3n) is 5.91. The van der Waals surface area contributed by atoms with Crippen molar-refractivity contribution in [1.29, 1.82) is 0 Å². The number of unbranched alkanes of at least 4 members (excludes halogenated alkanes) is 2. The summed E-state index contributed by atoms with van der Waals surface area (Å²) in [5.41, 5.74) is 1.72. The summed E-state index contributed by atoms with van der Waals surface area (Å²) in [4.78, 5) is 25.9. The van der Waals surface area contributed by atoms with E-state index in [1.807, 2.05) is 87.6 Å². The van der Waals surface area contributed by atoms with Gasteiger partial charge >= 0.3 is 5.97 Å². The van der Waals surface area contributed by atoms with Gasteiger partial charge in [-0.05, 0) is 56.2 Å². The molecule has 0 aliphatic heterocycles. The van der Waals surface area contributed by atoms with Crippen LogP contribution in [0.4, 0.5) is 0 Å². The number of ketones is 1. The molecular weight excluding hydrogens is 438 g/mol. The first-order valence-corrected chi connectivity index (χ1v) is 12.3. The van der Waals surface area contributed by atoms with Crippen LogP contribution < -0.4 is 4.74 Å². The highest BCUT2D eigenvalue weighted by Gasteiger charge is 2.20. The van der Waals surface area contributed by atoms with Crippen LogP contribution >= 0.6 is 0 Å². The lowest BCUT2D eigenvalue weighted by molar-refractivity contribution is -0.157. The van der Waals surface area contributed by atoms with Gasteiger partial charge < -0.3 is 14.0 Å². The minimum absolute atomic E-state index is 0.0228. The summed E-state index contributed by atoms with van der Waals surface area (Å²) in [7, 11) is 0. The van der Waals surface area contributed by atoms with E-state index < -0.39 is 11.6 Å². The van der Waals surface area contributed by atoms with E-state index in [0.717, 1.165) is 47.5 Å². The minimum Gasteiger partial charge on any atom is -0.482 e. The number of esters is 1. The lowest BCUT2D eigenvalue weighted by Gasteiger charge is -2.19. The second-order valence-electron chi connectivity index (χ2n) is 9.85. The summed E-state index contributed by atoms with van der Waals surface area (Å²) < 4.78 is 13.2. The van der Waals surface area contributed by atoms with Crippen molar-refractivity contribution in [1.82, 2.24) is 4.57 Å². The van der Waals surface area contributed by atoms with Crippen molar-refractivity contribution >= 4 is 33.4 Å². The van der Waals surface area contributed by atoms with Gasteiger partial charge in [-0.2, -0.15) is 0 Å². The van der Waals surface area contributed by atoms with E-state index in [-0.39, 0.29) is 12.4 Å². The molecule has 1 heterocycles. The van der Waals surface area contributed by atoms with Crippen LogP contribution in [0.3, 0.4) is 0 Å². The molecule has 0 spiro atoms. The fourth-order valence-corrected chi connectivity index (χ4v) is 4.35. The summed E-state index contributed by atoms with van der Waals surface area (Å²) in [6.07, 6.45) is 5.26. The van der Waals surface area contributed by atoms with E-state index in [4.69, 9.17) is 9.47 Å². The number of benzene rings is 3. The largest absolute Gasteiger partial charge is 0.482 e. The van der Waals surface area contributed by atoms with Crippen LogP contribution in [0.15, 0.2) is 66.9 Å². The highest BCUT2D eigenvalue weighted by Crippen LogP contribution is 2.30. The maximum atomic E-state index is 13.8. The molecule has 0 fully saturated rings. The van der Waals surface area contributed by atoms with Crippen molar-refractivity contribution in [3.63, 3.8) is 0 Å². The lowest BCUT2D eigenvalue weighted by Crippen LogP contribution is -2.27. The van der Waals surface area contributed by atoms with E-state index >= 15 is 0 Å². The molecule has 35 heavy (non-hydrogen) atoms. The average molecular weight is 472 g/mol. The number of aromatic nitrogens is 1. The molecule has 5 heteroatoms. The van der Waals surface area contributed by atoms with Crippen LogP contribution in [0.1, 0.15) is 62.9 Å². The molecule has 0 saturated heterocycles. The lowest BCUT2D eigenvalue weighted by atomic mass is 9.97. The summed E-state index contributed by atoms with van der Waals surface area (Å²) in [5.74, 6) is 0.0776. The Hall–Kier alpha value is -3.60. The van der Waals surface area contributed by atoms with Gasteiger partial charge in [0.1, 0.15) is 11.4 Å². The Morgan fingerprint density at radius 1 is 0.886 bits per heavy atom. The Morgan fingerprint density at radius 3 is 2.43 bits per heavy atom. The number of aryl methyl sites for hydroxylation is 1. The molecule has 1 aromatic heterocycles. The maximum Gasteiger partial charge on any atom is 0.344 e. The molecule has 0 aliphatic rings. The van der Waals surface area contributed by atoms with Crippen LogP contribution in [0.5, 0.6) is 5.75 Å². The molecule has 5 nitrogen and oxygen atoms in total. The molecule has 0 N–H and O–H groups in total. The van der Waals surface area contributed by atoms with Gasteiger partial charge in [0.2, 0.25) is 0 Å². The van der Waals surface area contributed by atoms with Crippen LogP contribution in [-0.4, -0.2) is 28.5 Å². The van der Waals surface area contributed by atoms with E-state index in [1.54, 1.807) is 0 Å². The van der Waals surface area contributed by atoms with Crippen molar-refractivity contribution < 1.29 is 19.1 Å². The van der Waals surface area contributed by atoms with Crippen molar-refractivity contribution in [3.8, 4) is 5.75 Å². The highest BCUT2D eigenvalue weighted by atomic mass is 16.6. The predicted octanol–water partition coefficient (Wildman–Crippen LogP) is 6.94. The van der Waals surface area contributed by atoms with E-state index in [1.165, 1.54) is 0 Å². The third kappa shape index (κ3) is 5.73. The van der Waals surface area contributed by atoms with Crippen molar-refractivity contribution in [2.75, 3.05) is 6.61 Å². The number of carbonyl (C=O) groups excluding carboxylic acids is 2. The van der Waals surface area contributed by atoms with Gasteiger partial charge in [-0.25, -0.2) is 4.79 Å². The quantitative estimate of drug-likeness (QED) is 0.151. The topological polar surface area (TPSA) is 57.5 Å². The fraction of sp³-hybridized carbons (Fsp3) is 0.333. The predicted molar refractivity (Wildman–Crippen MR) is 140 cm³/mol. The van der Waals surface area contributed by atoms with Crippen molar-refractivity contribution in [2.24, 2.45) is 0 Å². The van der Waals surface area contributed by atoms with Crippen LogP contribution in [0.25, 0.3) is 21.7 Å². The zero-order valence-electron chi connectivity index (χ0n) is 21.0. The first kappa shape index (κ1) is 24.5. The number of hydrogen-bond acceptors (Lipinski definition) is 4. The number of fused-ring (bicyclic) bond motifs is 2. The van der Waals surface area contributed by atoms with Gasteiger partial charge in [0.05, 0.1) is 0 Å². The maximum absolute atomic E-state index is 13.8. The number of hydrogen-bond donors (Lipinski definition) is 0. The fourth-order valence-electron chi connectivity index (χ4n) is 4.35. The standard InChI is InChI=1S/C30H33NO4/c1-5-6-9-17-31-19-26(29(33)24-14-10-12-21-11-7-8-13-23(21)24)25-18-22(15-16-27(25)31)34-20-28(32)35-30(2,3)4/h7-8,10-16,18-19H,5-6,9,17,20H2,1-4H3. The molecule has 0 radical (unpaired) electrons.